The fourth-order valence-corrected chi connectivity index (χ4v) is 1.34. The van der Waals surface area contributed by atoms with Gasteiger partial charge in [-0.25, -0.2) is 0 Å². The Morgan fingerprint density at radius 2 is 1.54 bits per heavy atom. The van der Waals surface area contributed by atoms with Crippen molar-refractivity contribution in [2.75, 3.05) is 0 Å². The van der Waals surface area contributed by atoms with Gasteiger partial charge in [0.15, 0.2) is 0 Å². The van der Waals surface area contributed by atoms with Crippen LogP contribution in [0.3, 0.4) is 0 Å². The van der Waals surface area contributed by atoms with Crippen LogP contribution in [0.15, 0.2) is 0 Å². The Hall–Kier alpha value is -0.0800. The van der Waals surface area contributed by atoms with Crippen LogP contribution < -0.4 is 11.3 Å². The summed E-state index contributed by atoms with van der Waals surface area (Å²) in [5.41, 5.74) is 3.57. The zero-order valence-electron chi connectivity index (χ0n) is 10.1. The van der Waals surface area contributed by atoms with E-state index >= 15 is 0 Å². The Morgan fingerprint density at radius 3 is 1.77 bits per heavy atom. The van der Waals surface area contributed by atoms with Crippen molar-refractivity contribution < 1.29 is 0 Å². The highest BCUT2D eigenvalue weighted by Crippen LogP contribution is 2.28. The molecular weight excluding hydrogens is 160 g/mol. The highest BCUT2D eigenvalue weighted by atomic mass is 15.2. The first-order valence-electron chi connectivity index (χ1n) is 5.13. The Morgan fingerprint density at radius 1 is 1.08 bits per heavy atom. The zero-order chi connectivity index (χ0) is 10.7. The van der Waals surface area contributed by atoms with Crippen LogP contribution in [0, 0.1) is 10.8 Å². The molecule has 1 atom stereocenters. The number of hydrogen-bond donors (Lipinski definition) is 2. The highest BCUT2D eigenvalue weighted by molar-refractivity contribution is 4.80. The summed E-state index contributed by atoms with van der Waals surface area (Å²) in [6, 6.07) is 0.409. The topological polar surface area (TPSA) is 38.0 Å². The van der Waals surface area contributed by atoms with Crippen LogP contribution in [0.1, 0.15) is 54.4 Å². The quantitative estimate of drug-likeness (QED) is 0.525. The van der Waals surface area contributed by atoms with Gasteiger partial charge in [0.2, 0.25) is 0 Å². The van der Waals surface area contributed by atoms with E-state index in [0.717, 1.165) is 6.42 Å². The molecule has 0 heterocycles. The van der Waals surface area contributed by atoms with E-state index in [1.165, 1.54) is 6.42 Å². The van der Waals surface area contributed by atoms with Crippen molar-refractivity contribution in [3.05, 3.63) is 0 Å². The number of rotatable bonds is 3. The van der Waals surface area contributed by atoms with Crippen LogP contribution >= 0.6 is 0 Å². The Labute approximate surface area is 83.2 Å². The van der Waals surface area contributed by atoms with Crippen molar-refractivity contribution in [3.63, 3.8) is 0 Å². The molecule has 0 aliphatic rings. The summed E-state index contributed by atoms with van der Waals surface area (Å²) in [7, 11) is 0. The fraction of sp³-hybridized carbons (Fsp3) is 1.00. The summed E-state index contributed by atoms with van der Waals surface area (Å²) < 4.78 is 0. The van der Waals surface area contributed by atoms with Gasteiger partial charge in [0, 0.05) is 6.04 Å². The summed E-state index contributed by atoms with van der Waals surface area (Å²) in [5.74, 6) is 5.54. The molecule has 13 heavy (non-hydrogen) atoms. The standard InChI is InChI=1S/C11H26N2/c1-10(2,3)8-7-9(13-12)11(4,5)6/h9,13H,7-8,12H2,1-6H3. The molecule has 3 N–H and O–H groups in total. The van der Waals surface area contributed by atoms with Crippen molar-refractivity contribution >= 4 is 0 Å². The first-order valence-corrected chi connectivity index (χ1v) is 5.13. The van der Waals surface area contributed by atoms with E-state index in [0.29, 0.717) is 11.5 Å². The van der Waals surface area contributed by atoms with E-state index < -0.39 is 0 Å². The van der Waals surface area contributed by atoms with Crippen LogP contribution in [0.5, 0.6) is 0 Å². The molecule has 0 aliphatic carbocycles. The van der Waals surface area contributed by atoms with E-state index in [1.54, 1.807) is 0 Å². The normalized spacial score (nSPS) is 15.9. The first kappa shape index (κ1) is 12.9. The second kappa shape index (κ2) is 4.43. The molecule has 0 aliphatic heterocycles. The molecule has 0 radical (unpaired) electrons. The third-order valence-corrected chi connectivity index (χ3v) is 2.43. The maximum Gasteiger partial charge on any atom is 0.0259 e. The van der Waals surface area contributed by atoms with Gasteiger partial charge in [-0.1, -0.05) is 41.5 Å². The molecule has 2 nitrogen and oxygen atoms in total. The lowest BCUT2D eigenvalue weighted by Crippen LogP contribution is -2.44. The second-order valence-electron chi connectivity index (χ2n) is 6.18. The van der Waals surface area contributed by atoms with E-state index in [1.807, 2.05) is 0 Å². The van der Waals surface area contributed by atoms with Gasteiger partial charge >= 0.3 is 0 Å². The van der Waals surface area contributed by atoms with E-state index in [9.17, 15) is 0 Å². The van der Waals surface area contributed by atoms with E-state index in [-0.39, 0.29) is 5.41 Å². The van der Waals surface area contributed by atoms with Crippen molar-refractivity contribution in [3.8, 4) is 0 Å². The monoisotopic (exact) mass is 186 g/mol. The first-order chi connectivity index (χ1) is 5.67. The van der Waals surface area contributed by atoms with Gasteiger partial charge in [-0.15, -0.1) is 0 Å². The molecule has 2 heteroatoms. The summed E-state index contributed by atoms with van der Waals surface area (Å²) in [5, 5.41) is 0. The van der Waals surface area contributed by atoms with Crippen LogP contribution in [-0.2, 0) is 0 Å². The third-order valence-electron chi connectivity index (χ3n) is 2.43. The SMILES string of the molecule is CC(C)(C)CCC(NN)C(C)(C)C. The van der Waals surface area contributed by atoms with Gasteiger partial charge < -0.3 is 0 Å². The molecule has 0 saturated carbocycles. The van der Waals surface area contributed by atoms with Gasteiger partial charge in [0.05, 0.1) is 0 Å². The molecule has 0 aromatic heterocycles. The van der Waals surface area contributed by atoms with Crippen molar-refractivity contribution in [1.29, 1.82) is 0 Å². The van der Waals surface area contributed by atoms with E-state index in [2.05, 4.69) is 47.0 Å². The minimum Gasteiger partial charge on any atom is -0.271 e. The Balaban J connectivity index is 4.02. The molecule has 0 spiro atoms. The molecular formula is C11H26N2. The van der Waals surface area contributed by atoms with Crippen LogP contribution in [0.25, 0.3) is 0 Å². The molecule has 0 aromatic rings. The predicted molar refractivity (Wildman–Crippen MR) is 59.3 cm³/mol. The largest absolute Gasteiger partial charge is 0.271 e. The maximum absolute atomic E-state index is 5.54. The van der Waals surface area contributed by atoms with Crippen LogP contribution in [0.2, 0.25) is 0 Å². The number of hydrogen-bond acceptors (Lipinski definition) is 2. The van der Waals surface area contributed by atoms with Gasteiger partial charge in [0.25, 0.3) is 0 Å². The summed E-state index contributed by atoms with van der Waals surface area (Å²) in [4.78, 5) is 0. The molecule has 80 valence electrons. The average molecular weight is 186 g/mol. The van der Waals surface area contributed by atoms with E-state index in [4.69, 9.17) is 5.84 Å². The molecule has 0 amide bonds. The lowest BCUT2D eigenvalue weighted by Gasteiger charge is -2.32. The summed E-state index contributed by atoms with van der Waals surface area (Å²) >= 11 is 0. The maximum atomic E-state index is 5.54. The number of nitrogens with one attached hydrogen (secondary N) is 1. The smallest absolute Gasteiger partial charge is 0.0259 e. The van der Waals surface area contributed by atoms with Gasteiger partial charge in [-0.05, 0) is 23.7 Å². The lowest BCUT2D eigenvalue weighted by molar-refractivity contribution is 0.224. The summed E-state index contributed by atoms with van der Waals surface area (Å²) in [6.07, 6.45) is 2.35. The highest BCUT2D eigenvalue weighted by Gasteiger charge is 2.24. The average Bonchev–Trinajstić information content (AvgIpc) is 1.82. The predicted octanol–water partition coefficient (Wildman–Crippen LogP) is 2.69. The summed E-state index contributed by atoms with van der Waals surface area (Å²) in [6.45, 7) is 13.5. The minimum atomic E-state index is 0.250. The Bertz CT molecular complexity index is 139. The van der Waals surface area contributed by atoms with Crippen LogP contribution in [0.4, 0.5) is 0 Å². The van der Waals surface area contributed by atoms with Crippen molar-refractivity contribution in [1.82, 2.24) is 5.43 Å². The zero-order valence-corrected chi connectivity index (χ0v) is 10.1. The van der Waals surface area contributed by atoms with Gasteiger partial charge in [0.1, 0.15) is 0 Å². The fourth-order valence-electron chi connectivity index (χ4n) is 1.34. The lowest BCUT2D eigenvalue weighted by atomic mass is 9.80. The second-order valence-corrected chi connectivity index (χ2v) is 6.18. The van der Waals surface area contributed by atoms with Gasteiger partial charge in [-0.2, -0.15) is 0 Å². The van der Waals surface area contributed by atoms with Crippen molar-refractivity contribution in [2.24, 2.45) is 16.7 Å². The van der Waals surface area contributed by atoms with Gasteiger partial charge in [-0.3, -0.25) is 11.3 Å². The molecule has 0 aromatic carbocycles. The number of nitrogens with two attached hydrogens (primary N) is 1. The van der Waals surface area contributed by atoms with Crippen molar-refractivity contribution in [2.45, 2.75) is 60.4 Å². The van der Waals surface area contributed by atoms with Crippen LogP contribution in [-0.4, -0.2) is 6.04 Å². The Kier molecular flexibility index (Phi) is 4.40. The molecule has 0 saturated heterocycles. The number of hydrazine groups is 1. The molecule has 1 unspecified atom stereocenters. The molecule has 0 bridgehead atoms. The third kappa shape index (κ3) is 6.05. The minimum absolute atomic E-state index is 0.250. The molecule has 0 rings (SSSR count). The molecule has 0 fully saturated rings.